The van der Waals surface area contributed by atoms with Gasteiger partial charge in [0.1, 0.15) is 11.3 Å². The molecule has 0 aliphatic heterocycles. The third-order valence-electron chi connectivity index (χ3n) is 3.86. The average molecular weight is 360 g/mol. The van der Waals surface area contributed by atoms with Crippen LogP contribution in [0, 0.1) is 0 Å². The summed E-state index contributed by atoms with van der Waals surface area (Å²) >= 11 is 0. The number of carbonyl (C=O) groups is 2. The number of benzene rings is 1. The molecule has 2 aromatic rings. The third kappa shape index (κ3) is 5.34. The molecule has 140 valence electrons. The molecular weight excluding hydrogens is 338 g/mol. The molecule has 0 fully saturated rings. The zero-order valence-corrected chi connectivity index (χ0v) is 14.9. The summed E-state index contributed by atoms with van der Waals surface area (Å²) in [7, 11) is 0. The number of aliphatic carboxylic acids is 1. The topological polar surface area (TPSA) is 109 Å². The van der Waals surface area contributed by atoms with Crippen molar-refractivity contribution in [3.05, 3.63) is 40.2 Å². The van der Waals surface area contributed by atoms with Gasteiger partial charge in [-0.1, -0.05) is 13.3 Å². The van der Waals surface area contributed by atoms with Crippen molar-refractivity contribution < 1.29 is 23.8 Å². The van der Waals surface area contributed by atoms with E-state index in [0.29, 0.717) is 17.8 Å². The summed E-state index contributed by atoms with van der Waals surface area (Å²) < 4.78 is 10.8. The van der Waals surface area contributed by atoms with Crippen LogP contribution in [0.15, 0.2) is 33.5 Å². The fourth-order valence-electron chi connectivity index (χ4n) is 2.61. The predicted molar refractivity (Wildman–Crippen MR) is 93.8 cm³/mol. The SMILES string of the molecule is CCCc1cc(=O)oc2cc(O[C@@H](C)C(=O)NCCCC(=O)[O-])ccc12. The molecule has 26 heavy (non-hydrogen) atoms. The first-order valence-corrected chi connectivity index (χ1v) is 8.61. The van der Waals surface area contributed by atoms with E-state index < -0.39 is 17.7 Å². The quantitative estimate of drug-likeness (QED) is 0.531. The summed E-state index contributed by atoms with van der Waals surface area (Å²) in [5.41, 5.74) is 0.917. The maximum absolute atomic E-state index is 12.0. The molecule has 0 aliphatic carbocycles. The van der Waals surface area contributed by atoms with Crippen LogP contribution in [0.25, 0.3) is 11.0 Å². The summed E-state index contributed by atoms with van der Waals surface area (Å²) in [5, 5.41) is 13.8. The molecule has 0 spiro atoms. The van der Waals surface area contributed by atoms with Crippen LogP contribution in [0.5, 0.6) is 5.75 Å². The number of amides is 1. The van der Waals surface area contributed by atoms with Crippen LogP contribution < -0.4 is 20.8 Å². The van der Waals surface area contributed by atoms with Gasteiger partial charge in [-0.25, -0.2) is 4.79 Å². The van der Waals surface area contributed by atoms with Gasteiger partial charge in [0.25, 0.3) is 5.91 Å². The number of carbonyl (C=O) groups excluding carboxylic acids is 2. The summed E-state index contributed by atoms with van der Waals surface area (Å²) in [6.07, 6.45) is 1.08. The molecule has 1 atom stereocenters. The van der Waals surface area contributed by atoms with Crippen molar-refractivity contribution in [3.63, 3.8) is 0 Å². The first-order valence-electron chi connectivity index (χ1n) is 8.61. The number of fused-ring (bicyclic) bond motifs is 1. The molecule has 0 saturated heterocycles. The molecule has 7 nitrogen and oxygen atoms in total. The summed E-state index contributed by atoms with van der Waals surface area (Å²) in [5.74, 6) is -1.10. The fraction of sp³-hybridized carbons (Fsp3) is 0.421. The van der Waals surface area contributed by atoms with E-state index >= 15 is 0 Å². The summed E-state index contributed by atoms with van der Waals surface area (Å²) in [4.78, 5) is 34.0. The standard InChI is InChI=1S/C19H23NO6/c1-3-5-13-10-18(23)26-16-11-14(7-8-15(13)16)25-12(2)19(24)20-9-4-6-17(21)22/h7-8,10-12H,3-6,9H2,1-2H3,(H,20,24)(H,21,22)/p-1/t12-/m0/s1. The lowest BCUT2D eigenvalue weighted by molar-refractivity contribution is -0.305. The van der Waals surface area contributed by atoms with Gasteiger partial charge in [0.05, 0.1) is 0 Å². The van der Waals surface area contributed by atoms with Gasteiger partial charge in [-0.15, -0.1) is 0 Å². The Morgan fingerprint density at radius 2 is 2.08 bits per heavy atom. The minimum Gasteiger partial charge on any atom is -0.550 e. The number of ether oxygens (including phenoxy) is 1. The van der Waals surface area contributed by atoms with E-state index in [1.807, 2.05) is 13.0 Å². The molecule has 0 unspecified atom stereocenters. The number of aryl methyl sites for hydroxylation is 1. The number of hydrogen-bond acceptors (Lipinski definition) is 6. The molecule has 1 amide bonds. The Morgan fingerprint density at radius 3 is 2.77 bits per heavy atom. The lowest BCUT2D eigenvalue weighted by Crippen LogP contribution is -2.37. The highest BCUT2D eigenvalue weighted by Crippen LogP contribution is 2.24. The first kappa shape index (κ1) is 19.5. The molecule has 1 aromatic heterocycles. The van der Waals surface area contributed by atoms with Gasteiger partial charge in [-0.3, -0.25) is 4.79 Å². The first-order chi connectivity index (χ1) is 12.4. The van der Waals surface area contributed by atoms with Crippen LogP contribution >= 0.6 is 0 Å². The maximum atomic E-state index is 12.0. The Bertz CT molecular complexity index is 842. The summed E-state index contributed by atoms with van der Waals surface area (Å²) in [6.45, 7) is 3.85. The van der Waals surface area contributed by atoms with Gasteiger partial charge in [-0.2, -0.15) is 0 Å². The van der Waals surface area contributed by atoms with E-state index in [1.54, 1.807) is 19.1 Å². The van der Waals surface area contributed by atoms with Crippen molar-refractivity contribution in [2.45, 2.75) is 45.6 Å². The van der Waals surface area contributed by atoms with Crippen LogP contribution in [-0.4, -0.2) is 24.5 Å². The second-order valence-corrected chi connectivity index (χ2v) is 6.03. The molecule has 1 N–H and O–H groups in total. The number of carboxylic acids is 1. The van der Waals surface area contributed by atoms with E-state index in [4.69, 9.17) is 9.15 Å². The van der Waals surface area contributed by atoms with Crippen LogP contribution in [0.4, 0.5) is 0 Å². The highest BCUT2D eigenvalue weighted by Gasteiger charge is 2.15. The Balaban J connectivity index is 2.04. The zero-order chi connectivity index (χ0) is 19.1. The minimum absolute atomic E-state index is 0.112. The Kier molecular flexibility index (Phi) is 6.77. The van der Waals surface area contributed by atoms with Crippen molar-refractivity contribution in [2.75, 3.05) is 6.54 Å². The molecule has 0 saturated carbocycles. The smallest absolute Gasteiger partial charge is 0.336 e. The third-order valence-corrected chi connectivity index (χ3v) is 3.86. The van der Waals surface area contributed by atoms with Gasteiger partial charge in [0.2, 0.25) is 0 Å². The zero-order valence-electron chi connectivity index (χ0n) is 14.9. The van der Waals surface area contributed by atoms with Crippen molar-refractivity contribution >= 4 is 22.8 Å². The highest BCUT2D eigenvalue weighted by atomic mass is 16.5. The Hall–Kier alpha value is -2.83. The fourth-order valence-corrected chi connectivity index (χ4v) is 2.61. The van der Waals surface area contributed by atoms with Gasteiger partial charge >= 0.3 is 5.63 Å². The van der Waals surface area contributed by atoms with E-state index in [2.05, 4.69) is 5.32 Å². The number of rotatable bonds is 9. The minimum atomic E-state index is -1.15. The maximum Gasteiger partial charge on any atom is 0.336 e. The lowest BCUT2D eigenvalue weighted by Gasteiger charge is -2.15. The molecule has 0 bridgehead atoms. The van der Waals surface area contributed by atoms with Crippen LogP contribution in [-0.2, 0) is 16.0 Å². The molecule has 2 rings (SSSR count). The van der Waals surface area contributed by atoms with Crippen LogP contribution in [0.1, 0.15) is 38.7 Å². The van der Waals surface area contributed by atoms with Crippen molar-refractivity contribution in [2.24, 2.45) is 0 Å². The molecule has 1 heterocycles. The predicted octanol–water partition coefficient (Wildman–Crippen LogP) is 1.16. The molecule has 1 aromatic carbocycles. The number of hydrogen-bond donors (Lipinski definition) is 1. The van der Waals surface area contributed by atoms with Crippen molar-refractivity contribution in [1.82, 2.24) is 5.32 Å². The van der Waals surface area contributed by atoms with Gasteiger partial charge in [0.15, 0.2) is 6.10 Å². The van der Waals surface area contributed by atoms with Crippen LogP contribution in [0.2, 0.25) is 0 Å². The van der Waals surface area contributed by atoms with E-state index in [0.717, 1.165) is 23.8 Å². The number of carboxylic acid groups (broad SMARTS) is 1. The van der Waals surface area contributed by atoms with E-state index in [-0.39, 0.29) is 18.9 Å². The lowest BCUT2D eigenvalue weighted by atomic mass is 10.1. The van der Waals surface area contributed by atoms with Crippen molar-refractivity contribution in [1.29, 1.82) is 0 Å². The van der Waals surface area contributed by atoms with E-state index in [9.17, 15) is 19.5 Å². The second kappa shape index (κ2) is 9.03. The Labute approximate surface area is 151 Å². The van der Waals surface area contributed by atoms with Gasteiger partial charge in [-0.05, 0) is 43.9 Å². The van der Waals surface area contributed by atoms with Crippen molar-refractivity contribution in [3.8, 4) is 5.75 Å². The second-order valence-electron chi connectivity index (χ2n) is 6.03. The molecule has 7 heteroatoms. The van der Waals surface area contributed by atoms with Crippen LogP contribution in [0.3, 0.4) is 0 Å². The van der Waals surface area contributed by atoms with Gasteiger partial charge < -0.3 is 24.4 Å². The normalized spacial score (nSPS) is 11.9. The molecular formula is C19H22NO6-. The molecule has 0 radical (unpaired) electrons. The highest BCUT2D eigenvalue weighted by molar-refractivity contribution is 5.83. The monoisotopic (exact) mass is 360 g/mol. The number of nitrogens with one attached hydrogen (secondary N) is 1. The largest absolute Gasteiger partial charge is 0.550 e. The average Bonchev–Trinajstić information content (AvgIpc) is 2.58. The van der Waals surface area contributed by atoms with E-state index in [1.165, 1.54) is 6.07 Å². The summed E-state index contributed by atoms with van der Waals surface area (Å²) in [6, 6.07) is 6.62. The van der Waals surface area contributed by atoms with Gasteiger partial charge in [0, 0.05) is 30.0 Å². The molecule has 0 aliphatic rings. The Morgan fingerprint density at radius 1 is 1.31 bits per heavy atom.